The molecule has 0 heterocycles. The summed E-state index contributed by atoms with van der Waals surface area (Å²) in [6.07, 6.45) is 2.09. The second-order valence-corrected chi connectivity index (χ2v) is 8.57. The van der Waals surface area contributed by atoms with Crippen LogP contribution in [0.5, 0.6) is 17.2 Å². The van der Waals surface area contributed by atoms with Gasteiger partial charge in [-0.3, -0.25) is 0 Å². The summed E-state index contributed by atoms with van der Waals surface area (Å²) in [7, 11) is 1.58. The van der Waals surface area contributed by atoms with Crippen LogP contribution in [-0.2, 0) is 6.42 Å². The van der Waals surface area contributed by atoms with E-state index in [0.717, 1.165) is 29.5 Å². The molecule has 1 aliphatic carbocycles. The van der Waals surface area contributed by atoms with Gasteiger partial charge in [0.25, 0.3) is 0 Å². The number of fused-ring (bicyclic) bond motifs is 1. The third-order valence-corrected chi connectivity index (χ3v) is 6.84. The van der Waals surface area contributed by atoms with E-state index < -0.39 is 0 Å². The van der Waals surface area contributed by atoms with Gasteiger partial charge in [0.1, 0.15) is 5.75 Å². The number of phenols is 2. The van der Waals surface area contributed by atoms with Crippen LogP contribution in [0, 0.1) is 19.8 Å². The Morgan fingerprint density at radius 3 is 2.40 bits per heavy atom. The summed E-state index contributed by atoms with van der Waals surface area (Å²) in [6.45, 7) is 6.32. The number of hydrogen-bond donors (Lipinski definition) is 2. The first kappa shape index (κ1) is 20.3. The number of aromatic hydroxyl groups is 2. The van der Waals surface area contributed by atoms with Gasteiger partial charge in [0.15, 0.2) is 11.5 Å². The maximum Gasteiger partial charge on any atom is 0.160 e. The lowest BCUT2D eigenvalue weighted by Crippen LogP contribution is -2.11. The molecule has 2 N–H and O–H groups in total. The van der Waals surface area contributed by atoms with Crippen LogP contribution in [0.4, 0.5) is 0 Å². The third-order valence-electron chi connectivity index (χ3n) is 6.84. The van der Waals surface area contributed by atoms with E-state index in [1.54, 1.807) is 13.2 Å². The first-order valence-corrected chi connectivity index (χ1v) is 10.7. The summed E-state index contributed by atoms with van der Waals surface area (Å²) >= 11 is 0. The summed E-state index contributed by atoms with van der Waals surface area (Å²) in [6, 6.07) is 18.4. The molecule has 3 heteroatoms. The van der Waals surface area contributed by atoms with Crippen molar-refractivity contribution >= 4 is 0 Å². The highest BCUT2D eigenvalue weighted by Gasteiger charge is 2.40. The highest BCUT2D eigenvalue weighted by Crippen LogP contribution is 2.54. The molecule has 0 bridgehead atoms. The van der Waals surface area contributed by atoms with Gasteiger partial charge in [0.05, 0.1) is 7.11 Å². The molecule has 0 saturated carbocycles. The molecular weight excluding hydrogens is 372 g/mol. The van der Waals surface area contributed by atoms with E-state index in [4.69, 9.17) is 4.74 Å². The SMILES string of the molecule is COc1cc([C@@H]2c3c(cc(C)c(O)c3C)[C@H](CCc3ccccc3)[C@@H]2C)ccc1O. The van der Waals surface area contributed by atoms with E-state index in [9.17, 15) is 10.2 Å². The monoisotopic (exact) mass is 402 g/mol. The van der Waals surface area contributed by atoms with Gasteiger partial charge in [-0.15, -0.1) is 0 Å². The topological polar surface area (TPSA) is 49.7 Å². The van der Waals surface area contributed by atoms with E-state index >= 15 is 0 Å². The molecule has 3 aromatic rings. The lowest BCUT2D eigenvalue weighted by atomic mass is 9.81. The predicted molar refractivity (Wildman–Crippen MR) is 121 cm³/mol. The predicted octanol–water partition coefficient (Wildman–Crippen LogP) is 6.22. The molecule has 156 valence electrons. The molecule has 0 radical (unpaired) electrons. The molecule has 0 spiro atoms. The molecule has 0 aromatic heterocycles. The van der Waals surface area contributed by atoms with E-state index in [1.807, 2.05) is 26.0 Å². The Balaban J connectivity index is 1.78. The lowest BCUT2D eigenvalue weighted by molar-refractivity contribution is 0.371. The van der Waals surface area contributed by atoms with Crippen molar-refractivity contribution in [3.8, 4) is 17.2 Å². The second kappa shape index (κ2) is 8.06. The largest absolute Gasteiger partial charge is 0.507 e. The Bertz CT molecular complexity index is 1060. The van der Waals surface area contributed by atoms with Gasteiger partial charge in [-0.1, -0.05) is 49.4 Å². The molecule has 0 amide bonds. The number of hydrogen-bond acceptors (Lipinski definition) is 3. The molecule has 3 atom stereocenters. The summed E-state index contributed by atoms with van der Waals surface area (Å²) in [5, 5.41) is 20.8. The Morgan fingerprint density at radius 2 is 1.70 bits per heavy atom. The Hall–Kier alpha value is -2.94. The fourth-order valence-electron chi connectivity index (χ4n) is 5.26. The Kier molecular flexibility index (Phi) is 5.46. The quantitative estimate of drug-likeness (QED) is 0.532. The average molecular weight is 403 g/mol. The van der Waals surface area contributed by atoms with E-state index in [2.05, 4.69) is 43.3 Å². The van der Waals surface area contributed by atoms with Crippen LogP contribution >= 0.6 is 0 Å². The Morgan fingerprint density at radius 1 is 0.967 bits per heavy atom. The van der Waals surface area contributed by atoms with Crippen LogP contribution in [0.2, 0.25) is 0 Å². The standard InChI is InChI=1S/C27H30O3/c1-16-14-22-21(12-10-19-8-6-5-7-9-19)17(2)25(26(22)18(3)27(16)29)20-11-13-23(28)24(15-20)30-4/h5-9,11,13-15,17,21,25,28-29H,10,12H2,1-4H3/t17-,21+,25+/m0/s1. The molecule has 30 heavy (non-hydrogen) atoms. The number of methoxy groups -OCH3 is 1. The van der Waals surface area contributed by atoms with Crippen molar-refractivity contribution < 1.29 is 14.9 Å². The summed E-state index contributed by atoms with van der Waals surface area (Å²) < 4.78 is 5.37. The first-order valence-electron chi connectivity index (χ1n) is 10.7. The maximum atomic E-state index is 10.7. The molecule has 1 aliphatic rings. The van der Waals surface area contributed by atoms with Crippen LogP contribution in [-0.4, -0.2) is 17.3 Å². The molecule has 4 rings (SSSR count). The molecule has 0 unspecified atom stereocenters. The molecular formula is C27H30O3. The number of ether oxygens (including phenoxy) is 1. The van der Waals surface area contributed by atoms with Crippen LogP contribution < -0.4 is 4.74 Å². The van der Waals surface area contributed by atoms with Gasteiger partial charge in [-0.25, -0.2) is 0 Å². The van der Waals surface area contributed by atoms with Crippen LogP contribution in [0.15, 0.2) is 54.6 Å². The number of phenolic OH excluding ortho intramolecular Hbond substituents is 2. The van der Waals surface area contributed by atoms with Crippen molar-refractivity contribution in [2.75, 3.05) is 7.11 Å². The van der Waals surface area contributed by atoms with Crippen molar-refractivity contribution in [2.45, 2.75) is 45.4 Å². The highest BCUT2D eigenvalue weighted by atomic mass is 16.5. The minimum Gasteiger partial charge on any atom is -0.507 e. The van der Waals surface area contributed by atoms with E-state index in [1.165, 1.54) is 16.7 Å². The third kappa shape index (κ3) is 3.43. The van der Waals surface area contributed by atoms with E-state index in [0.29, 0.717) is 23.3 Å². The Labute approximate surface area is 179 Å². The number of rotatable bonds is 5. The van der Waals surface area contributed by atoms with Crippen LogP contribution in [0.3, 0.4) is 0 Å². The summed E-state index contributed by atoms with van der Waals surface area (Å²) in [5.41, 5.74) is 6.96. The van der Waals surface area contributed by atoms with Gasteiger partial charge in [-0.2, -0.15) is 0 Å². The summed E-state index contributed by atoms with van der Waals surface area (Å²) in [4.78, 5) is 0. The zero-order chi connectivity index (χ0) is 21.4. The van der Waals surface area contributed by atoms with Crippen LogP contribution in [0.25, 0.3) is 0 Å². The van der Waals surface area contributed by atoms with Crippen molar-refractivity contribution in [1.29, 1.82) is 0 Å². The smallest absolute Gasteiger partial charge is 0.160 e. The second-order valence-electron chi connectivity index (χ2n) is 8.57. The fourth-order valence-corrected chi connectivity index (χ4v) is 5.26. The fraction of sp³-hybridized carbons (Fsp3) is 0.333. The minimum absolute atomic E-state index is 0.149. The van der Waals surface area contributed by atoms with Crippen molar-refractivity contribution in [3.05, 3.63) is 88.0 Å². The zero-order valence-electron chi connectivity index (χ0n) is 18.1. The van der Waals surface area contributed by atoms with Gasteiger partial charge in [0, 0.05) is 5.92 Å². The maximum absolute atomic E-state index is 10.7. The van der Waals surface area contributed by atoms with Gasteiger partial charge >= 0.3 is 0 Å². The molecule has 3 nitrogen and oxygen atoms in total. The zero-order valence-corrected chi connectivity index (χ0v) is 18.1. The molecule has 0 aliphatic heterocycles. The van der Waals surface area contributed by atoms with Gasteiger partial charge < -0.3 is 14.9 Å². The lowest BCUT2D eigenvalue weighted by Gasteiger charge is -2.23. The van der Waals surface area contributed by atoms with Crippen molar-refractivity contribution in [1.82, 2.24) is 0 Å². The minimum atomic E-state index is 0.149. The van der Waals surface area contributed by atoms with E-state index in [-0.39, 0.29) is 11.7 Å². The van der Waals surface area contributed by atoms with Crippen molar-refractivity contribution in [3.63, 3.8) is 0 Å². The van der Waals surface area contributed by atoms with Gasteiger partial charge in [0.2, 0.25) is 0 Å². The summed E-state index contributed by atoms with van der Waals surface area (Å²) in [5.74, 6) is 1.96. The normalized spacial score (nSPS) is 20.2. The highest BCUT2D eigenvalue weighted by molar-refractivity contribution is 5.58. The number of benzene rings is 3. The average Bonchev–Trinajstić information content (AvgIpc) is 3.03. The first-order chi connectivity index (χ1) is 14.4. The van der Waals surface area contributed by atoms with Gasteiger partial charge in [-0.05, 0) is 84.0 Å². The number of aryl methyl sites for hydroxylation is 2. The molecule has 0 saturated heterocycles. The van der Waals surface area contributed by atoms with Crippen LogP contribution in [0.1, 0.15) is 58.6 Å². The molecule has 0 fully saturated rings. The molecule has 3 aromatic carbocycles. The van der Waals surface area contributed by atoms with Crippen molar-refractivity contribution in [2.24, 2.45) is 5.92 Å².